The quantitative estimate of drug-likeness (QED) is 0.297. The maximum Gasteiger partial charge on any atom is 0.416 e. The molecule has 2 aromatic heterocycles. The summed E-state index contributed by atoms with van der Waals surface area (Å²) in [5, 5.41) is 12.9. The van der Waals surface area contributed by atoms with Crippen molar-refractivity contribution in [2.45, 2.75) is 44.9 Å². The number of benzene rings is 2. The first-order valence-electron chi connectivity index (χ1n) is 13.3. The fourth-order valence-electron chi connectivity index (χ4n) is 4.66. The molecule has 2 aliphatic rings. The van der Waals surface area contributed by atoms with Crippen LogP contribution in [-0.2, 0) is 17.5 Å². The van der Waals surface area contributed by atoms with E-state index in [0.717, 1.165) is 31.4 Å². The van der Waals surface area contributed by atoms with Crippen LogP contribution in [0.25, 0.3) is 11.2 Å². The normalized spacial score (nSPS) is 15.8. The standard InChI is InChI=1S/C23H23F3N6O3.C6H6/c1-12(14-3-2-4-14)28-17-16-18(30-19(29-17)22(33)34)31-20(21-27-9-10-35-21)32(16)11-13-5-7-15(8-6-13)23(24,25)26;1-2-4-6-5-3-1/h5-8,12,14H,2-4,9-11H2,1H3,(H,33,34)(H,28,29,30);1-6H. The number of aromatic nitrogens is 4. The van der Waals surface area contributed by atoms with E-state index in [0.29, 0.717) is 41.8 Å². The van der Waals surface area contributed by atoms with Gasteiger partial charge in [-0.05, 0) is 43.4 Å². The van der Waals surface area contributed by atoms with Gasteiger partial charge in [0.15, 0.2) is 17.3 Å². The van der Waals surface area contributed by atoms with E-state index in [-0.39, 0.29) is 24.1 Å². The van der Waals surface area contributed by atoms with Crippen LogP contribution >= 0.6 is 0 Å². The number of aliphatic imine (C=N–C) groups is 1. The molecule has 1 fully saturated rings. The van der Waals surface area contributed by atoms with Crippen molar-refractivity contribution in [1.29, 1.82) is 0 Å². The van der Waals surface area contributed by atoms with Crippen molar-refractivity contribution in [3.8, 4) is 0 Å². The van der Waals surface area contributed by atoms with Crippen molar-refractivity contribution < 1.29 is 27.8 Å². The van der Waals surface area contributed by atoms with Crippen molar-refractivity contribution >= 4 is 28.8 Å². The smallest absolute Gasteiger partial charge is 0.416 e. The number of rotatable bonds is 7. The molecule has 0 amide bonds. The average molecular weight is 567 g/mol. The summed E-state index contributed by atoms with van der Waals surface area (Å²) in [5.41, 5.74) is 0.416. The van der Waals surface area contributed by atoms with Crippen molar-refractivity contribution in [3.63, 3.8) is 0 Å². The number of halogens is 3. The predicted octanol–water partition coefficient (Wildman–Crippen LogP) is 5.66. The lowest BCUT2D eigenvalue weighted by Crippen LogP contribution is -2.31. The van der Waals surface area contributed by atoms with E-state index >= 15 is 0 Å². The minimum atomic E-state index is -4.44. The SMILES string of the molecule is CC(Nc1nc(C(=O)O)nc2nc(C3=NCCO3)n(Cc3ccc(C(F)(F)F)cc3)c12)C1CCC1.c1ccccc1. The van der Waals surface area contributed by atoms with Gasteiger partial charge in [0.05, 0.1) is 18.7 Å². The second kappa shape index (κ2) is 11.9. The Labute approximate surface area is 234 Å². The van der Waals surface area contributed by atoms with Gasteiger partial charge in [-0.15, -0.1) is 0 Å². The number of hydrogen-bond acceptors (Lipinski definition) is 7. The second-order valence-electron chi connectivity index (χ2n) is 9.90. The lowest BCUT2D eigenvalue weighted by Gasteiger charge is -2.32. The molecule has 1 aliphatic heterocycles. The summed E-state index contributed by atoms with van der Waals surface area (Å²) in [6, 6.07) is 16.9. The Morgan fingerprint density at radius 1 is 1.07 bits per heavy atom. The van der Waals surface area contributed by atoms with Crippen molar-refractivity contribution in [2.24, 2.45) is 10.9 Å². The number of carbonyl (C=O) groups is 1. The first kappa shape index (κ1) is 28.1. The number of imidazole rings is 1. The van der Waals surface area contributed by atoms with Crippen molar-refractivity contribution in [2.75, 3.05) is 18.5 Å². The number of hydrogen-bond donors (Lipinski definition) is 2. The molecule has 2 N–H and O–H groups in total. The number of alkyl halides is 3. The number of anilines is 1. The van der Waals surface area contributed by atoms with E-state index < -0.39 is 23.5 Å². The molecule has 1 aliphatic carbocycles. The van der Waals surface area contributed by atoms with Gasteiger partial charge in [-0.2, -0.15) is 13.2 Å². The molecule has 12 heteroatoms. The summed E-state index contributed by atoms with van der Waals surface area (Å²) in [6.45, 7) is 2.96. The van der Waals surface area contributed by atoms with Gasteiger partial charge in [-0.25, -0.2) is 24.7 Å². The van der Waals surface area contributed by atoms with Crippen molar-refractivity contribution in [3.05, 3.63) is 83.4 Å². The Morgan fingerprint density at radius 3 is 2.24 bits per heavy atom. The first-order valence-corrected chi connectivity index (χ1v) is 13.3. The average Bonchev–Trinajstić information content (AvgIpc) is 3.57. The summed E-state index contributed by atoms with van der Waals surface area (Å²) in [6.07, 6.45) is -1.17. The molecule has 41 heavy (non-hydrogen) atoms. The highest BCUT2D eigenvalue weighted by atomic mass is 19.4. The zero-order valence-electron chi connectivity index (χ0n) is 22.3. The molecule has 1 saturated carbocycles. The molecule has 9 nitrogen and oxygen atoms in total. The van der Waals surface area contributed by atoms with E-state index in [1.807, 2.05) is 43.3 Å². The molecule has 0 radical (unpaired) electrons. The third-order valence-corrected chi connectivity index (χ3v) is 7.08. The summed E-state index contributed by atoms with van der Waals surface area (Å²) < 4.78 is 46.4. The molecular formula is C29H29F3N6O3. The number of aromatic carboxylic acids is 1. The molecule has 4 aromatic rings. The monoisotopic (exact) mass is 566 g/mol. The lowest BCUT2D eigenvalue weighted by molar-refractivity contribution is -0.137. The molecule has 0 saturated heterocycles. The second-order valence-corrected chi connectivity index (χ2v) is 9.90. The molecule has 0 bridgehead atoms. The number of nitrogens with one attached hydrogen (secondary N) is 1. The summed E-state index contributed by atoms with van der Waals surface area (Å²) in [7, 11) is 0. The number of carboxylic acid groups (broad SMARTS) is 1. The Hall–Kier alpha value is -4.48. The van der Waals surface area contributed by atoms with Crippen LogP contribution in [0.3, 0.4) is 0 Å². The molecule has 1 atom stereocenters. The Balaban J connectivity index is 0.000000500. The van der Waals surface area contributed by atoms with Gasteiger partial charge in [-0.3, -0.25) is 0 Å². The fourth-order valence-corrected chi connectivity index (χ4v) is 4.66. The van der Waals surface area contributed by atoms with Crippen LogP contribution in [0.4, 0.5) is 19.0 Å². The highest BCUT2D eigenvalue weighted by Gasteiger charge is 2.31. The van der Waals surface area contributed by atoms with Crippen LogP contribution in [0.2, 0.25) is 0 Å². The molecule has 3 heterocycles. The summed E-state index contributed by atoms with van der Waals surface area (Å²) in [5.74, 6) is -0.378. The third-order valence-electron chi connectivity index (χ3n) is 7.08. The van der Waals surface area contributed by atoms with Crippen LogP contribution in [0.15, 0.2) is 65.7 Å². The van der Waals surface area contributed by atoms with Gasteiger partial charge in [0.2, 0.25) is 5.82 Å². The van der Waals surface area contributed by atoms with E-state index in [2.05, 4.69) is 25.3 Å². The number of carboxylic acids is 1. The Bertz CT molecular complexity index is 1510. The molecule has 214 valence electrons. The van der Waals surface area contributed by atoms with Gasteiger partial charge in [0.25, 0.3) is 5.90 Å². The minimum Gasteiger partial charge on any atom is -0.475 e. The maximum absolute atomic E-state index is 13.0. The number of nitrogens with zero attached hydrogens (tertiary/aromatic N) is 5. The van der Waals surface area contributed by atoms with Gasteiger partial charge in [0, 0.05) is 6.04 Å². The molecule has 2 aromatic carbocycles. The van der Waals surface area contributed by atoms with E-state index in [9.17, 15) is 23.1 Å². The van der Waals surface area contributed by atoms with Gasteiger partial charge < -0.3 is 19.7 Å². The third kappa shape index (κ3) is 6.47. The molecule has 1 unspecified atom stereocenters. The Morgan fingerprint density at radius 2 is 1.73 bits per heavy atom. The largest absolute Gasteiger partial charge is 0.475 e. The van der Waals surface area contributed by atoms with Crippen LogP contribution in [-0.4, -0.2) is 55.7 Å². The zero-order valence-corrected chi connectivity index (χ0v) is 22.3. The first-order chi connectivity index (χ1) is 19.7. The summed E-state index contributed by atoms with van der Waals surface area (Å²) >= 11 is 0. The highest BCUT2D eigenvalue weighted by Crippen LogP contribution is 2.33. The number of fused-ring (bicyclic) bond motifs is 1. The van der Waals surface area contributed by atoms with E-state index in [1.165, 1.54) is 12.1 Å². The number of ether oxygens (including phenoxy) is 1. The van der Waals surface area contributed by atoms with Crippen LogP contribution < -0.4 is 5.32 Å². The van der Waals surface area contributed by atoms with E-state index in [4.69, 9.17) is 4.74 Å². The van der Waals surface area contributed by atoms with E-state index in [1.54, 1.807) is 4.57 Å². The molecule has 6 rings (SSSR count). The predicted molar refractivity (Wildman–Crippen MR) is 147 cm³/mol. The van der Waals surface area contributed by atoms with Crippen LogP contribution in [0.5, 0.6) is 0 Å². The topological polar surface area (TPSA) is 115 Å². The van der Waals surface area contributed by atoms with Crippen LogP contribution in [0, 0.1) is 5.92 Å². The summed E-state index contributed by atoms with van der Waals surface area (Å²) in [4.78, 5) is 28.9. The lowest BCUT2D eigenvalue weighted by atomic mass is 9.80. The van der Waals surface area contributed by atoms with Crippen molar-refractivity contribution in [1.82, 2.24) is 19.5 Å². The van der Waals surface area contributed by atoms with Gasteiger partial charge >= 0.3 is 12.1 Å². The highest BCUT2D eigenvalue weighted by molar-refractivity contribution is 5.98. The van der Waals surface area contributed by atoms with Gasteiger partial charge in [-0.1, -0.05) is 55.0 Å². The fraction of sp³-hybridized carbons (Fsp3) is 0.345. The molecule has 0 spiro atoms. The van der Waals surface area contributed by atoms with Crippen LogP contribution in [0.1, 0.15) is 53.8 Å². The van der Waals surface area contributed by atoms with Gasteiger partial charge in [0.1, 0.15) is 12.1 Å². The maximum atomic E-state index is 13.0. The Kier molecular flexibility index (Phi) is 8.18. The zero-order chi connectivity index (χ0) is 29.0. The minimum absolute atomic E-state index is 0.0291. The molecular weight excluding hydrogens is 537 g/mol.